The van der Waals surface area contributed by atoms with Crippen LogP contribution in [0.3, 0.4) is 0 Å². The van der Waals surface area contributed by atoms with Crippen LogP contribution in [-0.4, -0.2) is 29.6 Å². The van der Waals surface area contributed by atoms with E-state index in [4.69, 9.17) is 7.26 Å². The van der Waals surface area contributed by atoms with Gasteiger partial charge < -0.3 is 9.84 Å². The zero-order valence-electron chi connectivity index (χ0n) is 9.32. The van der Waals surface area contributed by atoms with E-state index in [2.05, 4.69) is 20.4 Å². The van der Waals surface area contributed by atoms with Crippen molar-refractivity contribution in [1.82, 2.24) is 15.5 Å². The molecule has 0 fully saturated rings. The Hall–Kier alpha value is -1.39. The zero-order chi connectivity index (χ0) is 10.9. The molecular formula is C8H12N4O. The summed E-state index contributed by atoms with van der Waals surface area (Å²) in [6.07, 6.45) is 0.0833. The van der Waals surface area contributed by atoms with E-state index in [0.29, 0.717) is 19.0 Å². The smallest absolute Gasteiger partial charge is 0.233 e. The van der Waals surface area contributed by atoms with Crippen LogP contribution in [0, 0.1) is 0 Å². The van der Waals surface area contributed by atoms with Crippen LogP contribution in [0.2, 0.25) is 0 Å². The van der Waals surface area contributed by atoms with Crippen molar-refractivity contribution < 1.29 is 7.26 Å². The van der Waals surface area contributed by atoms with Gasteiger partial charge in [0.1, 0.15) is 0 Å². The molecule has 1 aliphatic heterocycles. The molecule has 1 aromatic heterocycles. The third kappa shape index (κ3) is 1.68. The molecule has 0 bridgehead atoms. The van der Waals surface area contributed by atoms with Gasteiger partial charge in [-0.2, -0.15) is 4.98 Å². The summed E-state index contributed by atoms with van der Waals surface area (Å²) in [4.78, 5) is 8.09. The highest BCUT2D eigenvalue weighted by atomic mass is 16.5. The lowest BCUT2D eigenvalue weighted by atomic mass is 10.1. The molecule has 0 saturated carbocycles. The van der Waals surface area contributed by atoms with E-state index in [1.807, 2.05) is 0 Å². The zero-order valence-corrected chi connectivity index (χ0v) is 7.32. The van der Waals surface area contributed by atoms with E-state index in [1.54, 1.807) is 6.34 Å². The van der Waals surface area contributed by atoms with Crippen LogP contribution in [0.15, 0.2) is 9.52 Å². The second-order valence-corrected chi connectivity index (χ2v) is 2.81. The molecule has 0 aliphatic carbocycles. The molecular weight excluding hydrogens is 168 g/mol. The lowest BCUT2D eigenvalue weighted by molar-refractivity contribution is 0.348. The van der Waals surface area contributed by atoms with Gasteiger partial charge in [-0.3, -0.25) is 4.99 Å². The molecule has 5 heteroatoms. The standard InChI is InChI=1S/C8H12N4O/c1-2-7-11-8(13-12-7)6-3-9-5-10-4-6/h5-6H,2-4H2,1H3,(H,9,10)/i2D2. The van der Waals surface area contributed by atoms with Crippen molar-refractivity contribution >= 4 is 6.34 Å². The quantitative estimate of drug-likeness (QED) is 0.716. The first-order valence-corrected chi connectivity index (χ1v) is 4.13. The van der Waals surface area contributed by atoms with E-state index in [-0.39, 0.29) is 11.7 Å². The molecule has 0 amide bonds. The number of aromatic nitrogens is 2. The van der Waals surface area contributed by atoms with Crippen LogP contribution < -0.4 is 5.32 Å². The fourth-order valence-corrected chi connectivity index (χ4v) is 1.17. The van der Waals surface area contributed by atoms with E-state index < -0.39 is 6.37 Å². The van der Waals surface area contributed by atoms with Gasteiger partial charge in [0.25, 0.3) is 0 Å². The summed E-state index contributed by atoms with van der Waals surface area (Å²) in [6.45, 7) is 2.69. The normalized spacial score (nSPS) is 24.8. The maximum atomic E-state index is 7.44. The summed E-state index contributed by atoms with van der Waals surface area (Å²) in [7, 11) is 0. The van der Waals surface area contributed by atoms with Crippen LogP contribution in [0.1, 0.15) is 27.3 Å². The van der Waals surface area contributed by atoms with Crippen LogP contribution in [-0.2, 0) is 6.37 Å². The largest absolute Gasteiger partial charge is 0.376 e. The Balaban J connectivity index is 2.16. The second kappa shape index (κ2) is 3.55. The fourth-order valence-electron chi connectivity index (χ4n) is 1.17. The molecule has 5 nitrogen and oxygen atoms in total. The van der Waals surface area contributed by atoms with Crippen LogP contribution >= 0.6 is 0 Å². The van der Waals surface area contributed by atoms with Gasteiger partial charge in [-0.1, -0.05) is 12.1 Å². The number of aliphatic imine (C=N–C) groups is 1. The second-order valence-electron chi connectivity index (χ2n) is 2.81. The minimum atomic E-state index is -1.56. The highest BCUT2D eigenvalue weighted by Crippen LogP contribution is 2.14. The van der Waals surface area contributed by atoms with Crippen molar-refractivity contribution in [1.29, 1.82) is 0 Å². The molecule has 2 heterocycles. The Labute approximate surface area is 79.1 Å². The van der Waals surface area contributed by atoms with Crippen molar-refractivity contribution in [3.63, 3.8) is 0 Å². The number of rotatable bonds is 2. The van der Waals surface area contributed by atoms with Gasteiger partial charge in [0.15, 0.2) is 5.82 Å². The summed E-state index contributed by atoms with van der Waals surface area (Å²) < 4.78 is 19.9. The van der Waals surface area contributed by atoms with Crippen molar-refractivity contribution in [2.75, 3.05) is 13.1 Å². The first-order valence-electron chi connectivity index (χ1n) is 5.13. The van der Waals surface area contributed by atoms with Crippen molar-refractivity contribution in [3.8, 4) is 0 Å². The lowest BCUT2D eigenvalue weighted by Gasteiger charge is -2.13. The molecule has 2 rings (SSSR count). The third-order valence-electron chi connectivity index (χ3n) is 1.89. The van der Waals surface area contributed by atoms with Gasteiger partial charge in [-0.25, -0.2) is 0 Å². The van der Waals surface area contributed by atoms with Crippen molar-refractivity contribution in [2.24, 2.45) is 4.99 Å². The Morgan fingerprint density at radius 2 is 2.77 bits per heavy atom. The first-order chi connectivity index (χ1) is 7.07. The Morgan fingerprint density at radius 1 is 1.85 bits per heavy atom. The number of hydrogen-bond donors (Lipinski definition) is 1. The molecule has 70 valence electrons. The maximum absolute atomic E-state index is 7.44. The predicted molar refractivity (Wildman–Crippen MR) is 47.8 cm³/mol. The average Bonchev–Trinajstić information content (AvgIpc) is 2.67. The van der Waals surface area contributed by atoms with Gasteiger partial charge in [0, 0.05) is 15.7 Å². The van der Waals surface area contributed by atoms with E-state index >= 15 is 0 Å². The van der Waals surface area contributed by atoms with Gasteiger partial charge in [0.2, 0.25) is 5.89 Å². The predicted octanol–water partition coefficient (Wildman–Crippen LogP) is 0.347. The highest BCUT2D eigenvalue weighted by Gasteiger charge is 2.19. The van der Waals surface area contributed by atoms with Gasteiger partial charge in [-0.05, 0) is 0 Å². The number of aryl methyl sites for hydroxylation is 1. The van der Waals surface area contributed by atoms with Crippen LogP contribution in [0.4, 0.5) is 0 Å². The molecule has 1 unspecified atom stereocenters. The molecule has 13 heavy (non-hydrogen) atoms. The number of nitrogens with one attached hydrogen (secondary N) is 1. The van der Waals surface area contributed by atoms with E-state index in [9.17, 15) is 0 Å². The summed E-state index contributed by atoms with van der Waals surface area (Å²) in [6, 6.07) is 0. The SMILES string of the molecule is [2H]C([2H])(C)c1noc(C2CN=CNC2)n1. The molecule has 0 saturated heterocycles. The molecule has 1 aliphatic rings. The van der Waals surface area contributed by atoms with Crippen LogP contribution in [0.5, 0.6) is 0 Å². The summed E-state index contributed by atoms with van der Waals surface area (Å²) in [5, 5.41) is 6.59. The van der Waals surface area contributed by atoms with Crippen molar-refractivity contribution in [3.05, 3.63) is 11.7 Å². The minimum absolute atomic E-state index is 0.0404. The molecule has 0 aromatic carbocycles. The Morgan fingerprint density at radius 3 is 3.38 bits per heavy atom. The lowest BCUT2D eigenvalue weighted by Crippen LogP contribution is -2.27. The molecule has 1 atom stereocenters. The topological polar surface area (TPSA) is 63.3 Å². The Kier molecular flexibility index (Phi) is 1.67. The van der Waals surface area contributed by atoms with E-state index in [0.717, 1.165) is 0 Å². The summed E-state index contributed by atoms with van der Waals surface area (Å²) in [5.41, 5.74) is 0. The van der Waals surface area contributed by atoms with Crippen LogP contribution in [0.25, 0.3) is 0 Å². The summed E-state index contributed by atoms with van der Waals surface area (Å²) in [5.74, 6) is 0.575. The van der Waals surface area contributed by atoms with Gasteiger partial charge in [0.05, 0.1) is 18.8 Å². The molecule has 1 aromatic rings. The maximum Gasteiger partial charge on any atom is 0.233 e. The summed E-state index contributed by atoms with van der Waals surface area (Å²) >= 11 is 0. The average molecular weight is 182 g/mol. The first kappa shape index (κ1) is 6.12. The monoisotopic (exact) mass is 182 g/mol. The van der Waals surface area contributed by atoms with E-state index in [1.165, 1.54) is 6.92 Å². The number of nitrogens with zero attached hydrogens (tertiary/aromatic N) is 3. The Bertz CT molecular complexity index is 371. The van der Waals surface area contributed by atoms with Gasteiger partial charge >= 0.3 is 0 Å². The third-order valence-corrected chi connectivity index (χ3v) is 1.89. The molecule has 0 spiro atoms. The molecule has 1 N–H and O–H groups in total. The van der Waals surface area contributed by atoms with Crippen molar-refractivity contribution in [2.45, 2.75) is 19.2 Å². The number of hydrogen-bond acceptors (Lipinski definition) is 5. The highest BCUT2D eigenvalue weighted by molar-refractivity contribution is 5.55. The van der Waals surface area contributed by atoms with Gasteiger partial charge in [-0.15, -0.1) is 0 Å². The molecule has 0 radical (unpaired) electrons. The minimum Gasteiger partial charge on any atom is -0.376 e. The fraction of sp³-hybridized carbons (Fsp3) is 0.625.